The number of carbonyl (C=O) groups excluding carboxylic acids is 1. The van der Waals surface area contributed by atoms with Gasteiger partial charge in [-0.25, -0.2) is 5.01 Å². The number of hydrogen-bond acceptors (Lipinski definition) is 2. The van der Waals surface area contributed by atoms with Gasteiger partial charge in [0.25, 0.3) is 0 Å². The van der Waals surface area contributed by atoms with Gasteiger partial charge in [-0.3, -0.25) is 10.2 Å². The second-order valence-electron chi connectivity index (χ2n) is 9.83. The molecule has 1 aromatic rings. The van der Waals surface area contributed by atoms with Crippen molar-refractivity contribution in [1.29, 1.82) is 0 Å². The van der Waals surface area contributed by atoms with E-state index in [1.54, 1.807) is 5.57 Å². The molecule has 0 saturated carbocycles. The van der Waals surface area contributed by atoms with Crippen LogP contribution in [0.1, 0.15) is 39.2 Å². The summed E-state index contributed by atoms with van der Waals surface area (Å²) in [7, 11) is -1.12. The molecule has 1 aromatic carbocycles. The molecule has 0 radical (unpaired) electrons. The summed E-state index contributed by atoms with van der Waals surface area (Å²) < 4.78 is 0. The fourth-order valence-corrected chi connectivity index (χ4v) is 5.02. The summed E-state index contributed by atoms with van der Waals surface area (Å²) in [5, 5.41) is 2.17. The highest BCUT2D eigenvalue weighted by Gasteiger charge is 2.30. The molecule has 3 nitrogen and oxygen atoms in total. The molecule has 1 heterocycles. The first kappa shape index (κ1) is 20.9. The minimum absolute atomic E-state index is 0.101. The number of hydrazine groups is 1. The van der Waals surface area contributed by atoms with Gasteiger partial charge >= 0.3 is 0 Å². The Bertz CT molecular complexity index is 626. The number of aryl methyl sites for hydroxylation is 1. The summed E-state index contributed by atoms with van der Waals surface area (Å²) in [5.41, 5.74) is 5.78. The summed E-state index contributed by atoms with van der Waals surface area (Å²) in [6.07, 6.45) is 5.53. The fourth-order valence-electron chi connectivity index (χ4n) is 3.37. The average Bonchev–Trinajstić information content (AvgIpc) is 2.53. The van der Waals surface area contributed by atoms with Crippen LogP contribution in [0.25, 0.3) is 0 Å². The second kappa shape index (κ2) is 8.53. The van der Waals surface area contributed by atoms with Gasteiger partial charge in [0.2, 0.25) is 5.91 Å². The van der Waals surface area contributed by atoms with E-state index in [4.69, 9.17) is 0 Å². The summed E-state index contributed by atoms with van der Waals surface area (Å²) >= 11 is 0. The number of nitrogens with one attached hydrogen (secondary N) is 1. The van der Waals surface area contributed by atoms with Gasteiger partial charge in [-0.15, -0.1) is 0 Å². The molecule has 1 amide bonds. The van der Waals surface area contributed by atoms with E-state index in [-0.39, 0.29) is 11.3 Å². The Kier molecular flexibility index (Phi) is 6.86. The smallest absolute Gasteiger partial charge is 0.239 e. The lowest BCUT2D eigenvalue weighted by molar-refractivity contribution is -0.134. The normalized spacial score (nSPS) is 19.2. The zero-order valence-corrected chi connectivity index (χ0v) is 18.4. The molecular weight excluding hydrogens is 336 g/mol. The Labute approximate surface area is 160 Å². The van der Waals surface area contributed by atoms with Crippen LogP contribution in [0.4, 0.5) is 0 Å². The number of benzene rings is 1. The minimum Gasteiger partial charge on any atom is -0.288 e. The molecule has 0 bridgehead atoms. The van der Waals surface area contributed by atoms with E-state index >= 15 is 0 Å². The molecule has 0 unspecified atom stereocenters. The largest absolute Gasteiger partial charge is 0.288 e. The highest BCUT2D eigenvalue weighted by molar-refractivity contribution is 6.76. The van der Waals surface area contributed by atoms with Crippen molar-refractivity contribution in [3.05, 3.63) is 47.5 Å². The van der Waals surface area contributed by atoms with Gasteiger partial charge in [0.1, 0.15) is 0 Å². The van der Waals surface area contributed by atoms with Crippen LogP contribution in [0.15, 0.2) is 42.0 Å². The molecule has 26 heavy (non-hydrogen) atoms. The number of rotatable bonds is 6. The van der Waals surface area contributed by atoms with Crippen molar-refractivity contribution in [2.45, 2.75) is 71.8 Å². The lowest BCUT2D eigenvalue weighted by Gasteiger charge is -2.38. The van der Waals surface area contributed by atoms with Crippen molar-refractivity contribution in [3.8, 4) is 0 Å². The number of hydrogen-bond donors (Lipinski definition) is 1. The van der Waals surface area contributed by atoms with Crippen LogP contribution in [0.3, 0.4) is 0 Å². The maximum absolute atomic E-state index is 12.5. The van der Waals surface area contributed by atoms with Crippen molar-refractivity contribution < 1.29 is 4.79 Å². The molecule has 0 saturated heterocycles. The van der Waals surface area contributed by atoms with Crippen LogP contribution < -0.4 is 5.43 Å². The summed E-state index contributed by atoms with van der Waals surface area (Å²) in [5.74, 6) is 0.101. The Hall–Kier alpha value is -1.39. The zero-order chi connectivity index (χ0) is 19.4. The van der Waals surface area contributed by atoms with Gasteiger partial charge in [0.15, 0.2) is 0 Å². The molecular formula is C22H36N2OSi. The molecule has 0 fully saturated rings. The van der Waals surface area contributed by atoms with Gasteiger partial charge in [-0.05, 0) is 30.9 Å². The Morgan fingerprint density at radius 1 is 1.19 bits per heavy atom. The molecule has 2 rings (SSSR count). The third-order valence-corrected chi connectivity index (χ3v) is 6.32. The molecule has 1 atom stereocenters. The minimum atomic E-state index is -1.12. The average molecular weight is 373 g/mol. The molecule has 1 N–H and O–H groups in total. The zero-order valence-electron chi connectivity index (χ0n) is 17.4. The van der Waals surface area contributed by atoms with Crippen LogP contribution in [-0.4, -0.2) is 31.6 Å². The Morgan fingerprint density at radius 3 is 2.42 bits per heavy atom. The van der Waals surface area contributed by atoms with Gasteiger partial charge in [0.05, 0.1) is 0 Å². The molecule has 4 heteroatoms. The van der Waals surface area contributed by atoms with Crippen LogP contribution in [0, 0.1) is 5.41 Å². The molecule has 1 aliphatic rings. The molecule has 144 valence electrons. The molecule has 1 aliphatic heterocycles. The van der Waals surface area contributed by atoms with Crippen molar-refractivity contribution in [2.24, 2.45) is 5.41 Å². The first-order chi connectivity index (χ1) is 12.0. The lowest BCUT2D eigenvalue weighted by Crippen LogP contribution is -2.53. The van der Waals surface area contributed by atoms with E-state index in [1.807, 2.05) is 20.8 Å². The Morgan fingerprint density at radius 2 is 1.85 bits per heavy atom. The first-order valence-corrected chi connectivity index (χ1v) is 13.5. The number of amides is 1. The van der Waals surface area contributed by atoms with Gasteiger partial charge < -0.3 is 0 Å². The maximum Gasteiger partial charge on any atom is 0.239 e. The van der Waals surface area contributed by atoms with Crippen molar-refractivity contribution in [3.63, 3.8) is 0 Å². The lowest BCUT2D eigenvalue weighted by atomic mass is 9.94. The molecule has 0 spiro atoms. The van der Waals surface area contributed by atoms with Crippen LogP contribution in [-0.2, 0) is 11.2 Å². The van der Waals surface area contributed by atoms with Gasteiger partial charge in [-0.2, -0.15) is 0 Å². The second-order valence-corrected chi connectivity index (χ2v) is 15.3. The predicted molar refractivity (Wildman–Crippen MR) is 114 cm³/mol. The van der Waals surface area contributed by atoms with E-state index in [2.05, 4.69) is 66.5 Å². The summed E-state index contributed by atoms with van der Waals surface area (Å²) in [6.45, 7) is 14.0. The van der Waals surface area contributed by atoms with E-state index < -0.39 is 8.07 Å². The highest BCUT2D eigenvalue weighted by atomic mass is 28.3. The van der Waals surface area contributed by atoms with Crippen LogP contribution in [0.2, 0.25) is 25.7 Å². The monoisotopic (exact) mass is 372 g/mol. The first-order valence-electron chi connectivity index (χ1n) is 9.84. The quantitative estimate of drug-likeness (QED) is 0.561. The maximum atomic E-state index is 12.5. The number of carbonyl (C=O) groups is 1. The van der Waals surface area contributed by atoms with Gasteiger partial charge in [-0.1, -0.05) is 82.4 Å². The third-order valence-electron chi connectivity index (χ3n) is 4.81. The van der Waals surface area contributed by atoms with Crippen molar-refractivity contribution >= 4 is 14.0 Å². The van der Waals surface area contributed by atoms with Crippen molar-refractivity contribution in [1.82, 2.24) is 10.4 Å². The fraction of sp³-hybridized carbons (Fsp3) is 0.591. The van der Waals surface area contributed by atoms with Crippen molar-refractivity contribution in [2.75, 3.05) is 6.54 Å². The van der Waals surface area contributed by atoms with E-state index in [0.717, 1.165) is 25.8 Å². The molecule has 0 aromatic heterocycles. The van der Waals surface area contributed by atoms with E-state index in [0.29, 0.717) is 6.04 Å². The van der Waals surface area contributed by atoms with E-state index in [1.165, 1.54) is 11.6 Å². The number of nitrogens with zero attached hydrogens (tertiary/aromatic N) is 1. The highest BCUT2D eigenvalue weighted by Crippen LogP contribution is 2.28. The summed E-state index contributed by atoms with van der Waals surface area (Å²) in [4.78, 5) is 12.5. The van der Waals surface area contributed by atoms with Crippen LogP contribution >= 0.6 is 0 Å². The van der Waals surface area contributed by atoms with Crippen LogP contribution in [0.5, 0.6) is 0 Å². The Balaban J connectivity index is 2.08. The standard InChI is InChI=1S/C22H36N2OSi/c1-22(2,3)21(25)23-24-15-14-19(17-26(4,5)6)16-20(24)13-12-18-10-8-7-9-11-18/h7-11,14,20H,12-13,15-17H2,1-6H3,(H,23,25)/t20-/m1/s1. The van der Waals surface area contributed by atoms with E-state index in [9.17, 15) is 4.79 Å². The topological polar surface area (TPSA) is 32.3 Å². The predicted octanol–water partition coefficient (Wildman–Crippen LogP) is 5.04. The third kappa shape index (κ3) is 6.73. The SMILES string of the molecule is CC(C)(C)C(=O)NN1CC=C(C[Si](C)(C)C)C[C@H]1CCc1ccccc1. The molecule has 0 aliphatic carbocycles. The summed E-state index contributed by atoms with van der Waals surface area (Å²) in [6, 6.07) is 12.3. The van der Waals surface area contributed by atoms with Gasteiger partial charge in [0, 0.05) is 26.1 Å².